The number of carbonyl (C=O) groups is 4. The van der Waals surface area contributed by atoms with Crippen LogP contribution >= 0.6 is 0 Å². The summed E-state index contributed by atoms with van der Waals surface area (Å²) >= 11 is 0. The van der Waals surface area contributed by atoms with Gasteiger partial charge in [0.1, 0.15) is 0 Å². The fourth-order valence-corrected chi connectivity index (χ4v) is 6.36. The minimum absolute atomic E-state index is 0.0376. The highest BCUT2D eigenvalue weighted by molar-refractivity contribution is 6.30. The molecule has 0 unspecified atom stereocenters. The van der Waals surface area contributed by atoms with Crippen molar-refractivity contribution in [1.29, 1.82) is 0 Å². The van der Waals surface area contributed by atoms with Crippen molar-refractivity contribution in [3.63, 3.8) is 0 Å². The molecular weight excluding hydrogens is 572 g/mol. The number of nitrogens with zero attached hydrogens (tertiary/aromatic N) is 1. The van der Waals surface area contributed by atoms with E-state index < -0.39 is 0 Å². The van der Waals surface area contributed by atoms with E-state index in [0.717, 1.165) is 67.5 Å². The number of aromatic nitrogens is 2. The molecule has 4 rings (SSSR count). The molecule has 0 aromatic carbocycles. The van der Waals surface area contributed by atoms with Crippen molar-refractivity contribution >= 4 is 41.6 Å². The van der Waals surface area contributed by atoms with Crippen LogP contribution < -0.4 is 16.0 Å². The summed E-state index contributed by atoms with van der Waals surface area (Å²) in [7, 11) is 2.75. The average molecular weight is 617 g/mol. The van der Waals surface area contributed by atoms with E-state index in [9.17, 15) is 19.2 Å². The Bertz CT molecular complexity index is 1760. The highest BCUT2D eigenvalue weighted by Crippen LogP contribution is 2.27. The molecule has 10 heteroatoms. The lowest BCUT2D eigenvalue weighted by molar-refractivity contribution is -0.141. The fourth-order valence-electron chi connectivity index (χ4n) is 6.36. The highest BCUT2D eigenvalue weighted by atomic mass is 16.5. The van der Waals surface area contributed by atoms with E-state index in [0.29, 0.717) is 37.0 Å². The Balaban J connectivity index is 1.86. The van der Waals surface area contributed by atoms with Gasteiger partial charge in [-0.2, -0.15) is 0 Å². The molecule has 1 atom stereocenters. The topological polar surface area (TPSA) is 143 Å². The molecule has 0 fully saturated rings. The summed E-state index contributed by atoms with van der Waals surface area (Å²) in [5.41, 5.74) is 9.77. The second-order valence-corrected chi connectivity index (χ2v) is 11.6. The van der Waals surface area contributed by atoms with Crippen molar-refractivity contribution in [3.8, 4) is 0 Å². The van der Waals surface area contributed by atoms with Crippen molar-refractivity contribution in [3.05, 3.63) is 66.6 Å². The van der Waals surface area contributed by atoms with Gasteiger partial charge in [0.15, 0.2) is 0 Å². The molecule has 3 N–H and O–H groups in total. The van der Waals surface area contributed by atoms with E-state index in [2.05, 4.69) is 27.2 Å². The molecule has 2 amide bonds. The number of amides is 2. The number of nitrogens with one attached hydrogen (secondary N) is 3. The van der Waals surface area contributed by atoms with Crippen LogP contribution in [0.25, 0.3) is 12.2 Å². The van der Waals surface area contributed by atoms with Gasteiger partial charge in [0.05, 0.1) is 26.0 Å². The van der Waals surface area contributed by atoms with E-state index in [1.807, 2.05) is 46.8 Å². The first-order valence-corrected chi connectivity index (χ1v) is 15.5. The van der Waals surface area contributed by atoms with Crippen molar-refractivity contribution in [2.24, 2.45) is 4.99 Å². The molecule has 10 nitrogen and oxygen atoms in total. The number of aromatic amines is 2. The highest BCUT2D eigenvalue weighted by Gasteiger charge is 2.29. The summed E-state index contributed by atoms with van der Waals surface area (Å²) < 4.78 is 9.85. The molecule has 4 heterocycles. The van der Waals surface area contributed by atoms with Gasteiger partial charge in [-0.05, 0) is 98.9 Å². The van der Waals surface area contributed by atoms with Crippen molar-refractivity contribution in [2.75, 3.05) is 14.2 Å². The lowest BCUT2D eigenvalue weighted by atomic mass is 9.96. The normalized spacial score (nSPS) is 17.5. The largest absolute Gasteiger partial charge is 0.469 e. The molecule has 45 heavy (non-hydrogen) atoms. The van der Waals surface area contributed by atoms with E-state index in [1.54, 1.807) is 0 Å². The first-order chi connectivity index (χ1) is 21.4. The summed E-state index contributed by atoms with van der Waals surface area (Å²) in [6.45, 7) is 11.8. The number of hydrogen-bond acceptors (Lipinski definition) is 6. The van der Waals surface area contributed by atoms with E-state index in [1.165, 1.54) is 14.2 Å². The number of rotatable bonds is 12. The molecular formula is C35H44N4O6. The number of ether oxygens (including phenoxy) is 2. The number of methoxy groups -OCH3 is 2. The molecule has 0 saturated carbocycles. The molecule has 0 aliphatic carbocycles. The number of allylic oxidation sites excluding steroid dienone is 1. The third kappa shape index (κ3) is 6.95. The van der Waals surface area contributed by atoms with E-state index >= 15 is 0 Å². The molecule has 0 spiro atoms. The summed E-state index contributed by atoms with van der Waals surface area (Å²) in [6, 6.07) is -0.107. The Hall–Kier alpha value is -4.47. The zero-order valence-electron chi connectivity index (χ0n) is 27.6. The Kier molecular flexibility index (Phi) is 10.5. The van der Waals surface area contributed by atoms with Crippen LogP contribution in [0.4, 0.5) is 0 Å². The Morgan fingerprint density at radius 1 is 0.822 bits per heavy atom. The summed E-state index contributed by atoms with van der Waals surface area (Å²) in [6.07, 6.45) is 7.20. The molecule has 240 valence electrons. The number of hydrogen-bond donors (Lipinski definition) is 3. The van der Waals surface area contributed by atoms with Crippen LogP contribution in [-0.2, 0) is 47.9 Å². The van der Waals surface area contributed by atoms with Crippen LogP contribution in [-0.4, -0.2) is 59.7 Å². The summed E-state index contributed by atoms with van der Waals surface area (Å²) in [4.78, 5) is 60.6. The molecule has 2 aromatic heterocycles. The van der Waals surface area contributed by atoms with Gasteiger partial charge in [-0.25, -0.2) is 4.99 Å². The third-order valence-corrected chi connectivity index (χ3v) is 9.16. The van der Waals surface area contributed by atoms with Crippen LogP contribution in [0, 0.1) is 13.8 Å². The first-order valence-electron chi connectivity index (χ1n) is 15.5. The predicted octanol–water partition coefficient (Wildman–Crippen LogP) is 3.26. The monoisotopic (exact) mass is 616 g/mol. The minimum Gasteiger partial charge on any atom is -0.469 e. The van der Waals surface area contributed by atoms with Gasteiger partial charge in [-0.3, -0.25) is 19.2 Å². The molecule has 2 aliphatic heterocycles. The molecule has 0 bridgehead atoms. The average Bonchev–Trinajstić information content (AvgIpc) is 3.66. The first kappa shape index (κ1) is 33.4. The smallest absolute Gasteiger partial charge is 0.305 e. The second kappa shape index (κ2) is 14.1. The van der Waals surface area contributed by atoms with E-state index in [-0.39, 0.29) is 42.6 Å². The maximum atomic E-state index is 12.4. The van der Waals surface area contributed by atoms with Crippen LogP contribution in [0.15, 0.2) is 27.3 Å². The predicted molar refractivity (Wildman–Crippen MR) is 173 cm³/mol. The summed E-state index contributed by atoms with van der Waals surface area (Å²) in [5.74, 6) is -0.854. The molecule has 0 radical (unpaired) electrons. The standard InChI is InChI=1S/C35H44N4O6/c1-9-22-21(6)34(42)39-29(22)16-27-20(5)25(12-14-33(41)45-8)31(37-27)17-30-24(11-13-32(40)44-7)19(4)26(36-30)15-28-18(3)23(10-2)35(43)38-28/h15,17,29,36-37H,9-14,16H2,1-8H3,(H,39,42)/b26-15-,30-17-/t29-/m1/s1. The Morgan fingerprint density at radius 3 is 2.04 bits per heavy atom. The van der Waals surface area contributed by atoms with Gasteiger partial charge >= 0.3 is 11.9 Å². The molecule has 2 aromatic rings. The number of carbonyl (C=O) groups excluding carboxylic acids is 4. The van der Waals surface area contributed by atoms with Crippen LogP contribution in [0.2, 0.25) is 0 Å². The lowest BCUT2D eigenvalue weighted by Gasteiger charge is -2.14. The van der Waals surface area contributed by atoms with Crippen molar-refractivity contribution in [1.82, 2.24) is 15.3 Å². The SMILES string of the molecule is CCC1=C(C)C(/C=c2\[nH]/c(=C\c3[nH]c(C[C@H]4NC(=O)C(C)=C4CC)c(C)c3CCC(=O)OC)c(CCC(=O)OC)c2C)=NC1=O. The number of esters is 2. The molecule has 2 aliphatic rings. The van der Waals surface area contributed by atoms with Gasteiger partial charge < -0.3 is 24.8 Å². The van der Waals surface area contributed by atoms with Crippen LogP contribution in [0.5, 0.6) is 0 Å². The Labute approximate surface area is 263 Å². The van der Waals surface area contributed by atoms with Gasteiger partial charge in [-0.15, -0.1) is 0 Å². The van der Waals surface area contributed by atoms with E-state index in [4.69, 9.17) is 9.47 Å². The number of aliphatic imine (C=N–C) groups is 1. The van der Waals surface area contributed by atoms with Gasteiger partial charge in [0.25, 0.3) is 5.91 Å². The third-order valence-electron chi connectivity index (χ3n) is 9.16. The minimum atomic E-state index is -0.310. The van der Waals surface area contributed by atoms with Crippen LogP contribution in [0.1, 0.15) is 87.0 Å². The maximum absolute atomic E-state index is 12.4. The second-order valence-electron chi connectivity index (χ2n) is 11.6. The lowest BCUT2D eigenvalue weighted by Crippen LogP contribution is -2.31. The fraction of sp³-hybridized carbons (Fsp3) is 0.457. The number of H-pyrrole nitrogens is 2. The van der Waals surface area contributed by atoms with Gasteiger partial charge in [0.2, 0.25) is 5.91 Å². The zero-order chi connectivity index (χ0) is 33.0. The quantitative estimate of drug-likeness (QED) is 0.313. The van der Waals surface area contributed by atoms with Crippen LogP contribution in [0.3, 0.4) is 0 Å². The Morgan fingerprint density at radius 2 is 1.47 bits per heavy atom. The van der Waals surface area contributed by atoms with Crippen molar-refractivity contribution < 1.29 is 28.7 Å². The van der Waals surface area contributed by atoms with Gasteiger partial charge in [0, 0.05) is 52.5 Å². The van der Waals surface area contributed by atoms with Crippen molar-refractivity contribution in [2.45, 2.75) is 92.5 Å². The zero-order valence-corrected chi connectivity index (χ0v) is 27.6. The molecule has 0 saturated heterocycles. The maximum Gasteiger partial charge on any atom is 0.305 e. The summed E-state index contributed by atoms with van der Waals surface area (Å²) in [5, 5.41) is 4.71. The van der Waals surface area contributed by atoms with Gasteiger partial charge in [-0.1, -0.05) is 13.8 Å².